The summed E-state index contributed by atoms with van der Waals surface area (Å²) in [5.41, 5.74) is 3.79. The van der Waals surface area contributed by atoms with Crippen LogP contribution in [0, 0.1) is 11.3 Å². The Morgan fingerprint density at radius 1 is 1.04 bits per heavy atom. The molecule has 0 atom stereocenters. The van der Waals surface area contributed by atoms with Crippen LogP contribution < -0.4 is 10.6 Å². The van der Waals surface area contributed by atoms with Crippen LogP contribution in [0.15, 0.2) is 36.7 Å². The molecule has 0 aliphatic carbocycles. The molecule has 55 heavy (non-hydrogen) atoms. The highest BCUT2D eigenvalue weighted by molar-refractivity contribution is 6.76. The molecule has 0 radical (unpaired) electrons. The summed E-state index contributed by atoms with van der Waals surface area (Å²) in [6, 6.07) is 10.9. The first-order chi connectivity index (χ1) is 26.3. The fraction of sp³-hybridized carbons (Fsp3) is 0.561. The molecule has 0 spiro atoms. The quantitative estimate of drug-likeness (QED) is 0.105. The molecule has 2 amide bonds. The number of pyridine rings is 2. The fourth-order valence-corrected chi connectivity index (χ4v) is 7.96. The number of hydrogen-bond donors (Lipinski definition) is 2. The minimum Gasteiger partial charge on any atom is -0.444 e. The number of imidazole rings is 1. The molecule has 2 aliphatic heterocycles. The van der Waals surface area contributed by atoms with E-state index in [0.717, 1.165) is 42.1 Å². The highest BCUT2D eigenvalue weighted by Gasteiger charge is 2.30. The van der Waals surface area contributed by atoms with E-state index in [-0.39, 0.29) is 30.6 Å². The van der Waals surface area contributed by atoms with E-state index in [1.54, 1.807) is 15.7 Å². The molecule has 4 aromatic rings. The van der Waals surface area contributed by atoms with Crippen molar-refractivity contribution in [1.82, 2.24) is 34.6 Å². The number of anilines is 1. The van der Waals surface area contributed by atoms with Gasteiger partial charge in [-0.1, -0.05) is 26.1 Å². The molecule has 294 valence electrons. The van der Waals surface area contributed by atoms with E-state index in [0.29, 0.717) is 60.4 Å². The van der Waals surface area contributed by atoms with Gasteiger partial charge in [0.1, 0.15) is 23.9 Å². The van der Waals surface area contributed by atoms with E-state index in [2.05, 4.69) is 46.2 Å². The molecule has 2 saturated heterocycles. The summed E-state index contributed by atoms with van der Waals surface area (Å²) in [5.74, 6) is -0.168. The highest BCUT2D eigenvalue weighted by Crippen LogP contribution is 2.33. The summed E-state index contributed by atoms with van der Waals surface area (Å²) < 4.78 is 13.5. The summed E-state index contributed by atoms with van der Waals surface area (Å²) in [5, 5.41) is 18.4. The zero-order chi connectivity index (χ0) is 39.2. The number of likely N-dealkylation sites (tertiary alicyclic amines) is 2. The van der Waals surface area contributed by atoms with Crippen LogP contribution in [0.4, 0.5) is 10.5 Å². The van der Waals surface area contributed by atoms with Crippen LogP contribution >= 0.6 is 0 Å². The predicted molar refractivity (Wildman–Crippen MR) is 219 cm³/mol. The fourth-order valence-electron chi connectivity index (χ4n) is 7.20. The highest BCUT2D eigenvalue weighted by atomic mass is 28.3. The Kier molecular flexibility index (Phi) is 12.7. The van der Waals surface area contributed by atoms with E-state index in [9.17, 15) is 14.9 Å². The number of benzene rings is 1. The zero-order valence-corrected chi connectivity index (χ0v) is 34.4. The third-order valence-electron chi connectivity index (χ3n) is 10.2. The topological polar surface area (TPSA) is 151 Å². The minimum atomic E-state index is -1.36. The largest absolute Gasteiger partial charge is 0.444 e. The van der Waals surface area contributed by atoms with Crippen LogP contribution in [0.1, 0.15) is 75.5 Å². The van der Waals surface area contributed by atoms with Crippen molar-refractivity contribution in [2.45, 2.75) is 103 Å². The first-order valence-corrected chi connectivity index (χ1v) is 23.5. The van der Waals surface area contributed by atoms with Crippen molar-refractivity contribution in [3.05, 3.63) is 48.0 Å². The van der Waals surface area contributed by atoms with E-state index in [4.69, 9.17) is 19.4 Å². The number of amides is 2. The summed E-state index contributed by atoms with van der Waals surface area (Å²) in [6.45, 7) is 18.3. The van der Waals surface area contributed by atoms with E-state index in [1.807, 2.05) is 51.2 Å². The average Bonchev–Trinajstić information content (AvgIpc) is 3.53. The molecule has 14 heteroatoms. The molecule has 3 aromatic heterocycles. The van der Waals surface area contributed by atoms with Gasteiger partial charge < -0.3 is 29.9 Å². The van der Waals surface area contributed by atoms with Crippen molar-refractivity contribution in [2.75, 3.05) is 51.2 Å². The van der Waals surface area contributed by atoms with Crippen molar-refractivity contribution < 1.29 is 19.1 Å². The van der Waals surface area contributed by atoms with Gasteiger partial charge in [-0.05, 0) is 103 Å². The molecule has 5 heterocycles. The Bertz CT molecular complexity index is 2020. The van der Waals surface area contributed by atoms with Crippen LogP contribution in [0.2, 0.25) is 25.7 Å². The number of carbonyl (C=O) groups excluding carboxylic acids is 2. The Labute approximate surface area is 325 Å². The molecular weight excluding hydrogens is 711 g/mol. The first-order valence-electron chi connectivity index (χ1n) is 19.8. The number of nitrogens with one attached hydrogen (secondary N) is 2. The van der Waals surface area contributed by atoms with Gasteiger partial charge in [-0.2, -0.15) is 5.26 Å². The second-order valence-corrected chi connectivity index (χ2v) is 22.6. The van der Waals surface area contributed by atoms with Gasteiger partial charge in [0.05, 0.1) is 22.3 Å². The third kappa shape index (κ3) is 10.4. The number of aromatic nitrogens is 4. The summed E-state index contributed by atoms with van der Waals surface area (Å²) in [4.78, 5) is 45.1. The molecule has 13 nitrogen and oxygen atoms in total. The Hall–Kier alpha value is -4.58. The molecule has 1 aromatic carbocycles. The van der Waals surface area contributed by atoms with Crippen molar-refractivity contribution in [3.8, 4) is 17.3 Å². The van der Waals surface area contributed by atoms with Gasteiger partial charge >= 0.3 is 6.09 Å². The van der Waals surface area contributed by atoms with E-state index >= 15 is 0 Å². The number of hydrogen-bond acceptors (Lipinski definition) is 10. The maximum Gasteiger partial charge on any atom is 0.410 e. The van der Waals surface area contributed by atoms with Gasteiger partial charge in [0.2, 0.25) is 5.82 Å². The molecule has 2 aliphatic rings. The normalized spacial score (nSPS) is 16.0. The smallest absolute Gasteiger partial charge is 0.410 e. The maximum absolute atomic E-state index is 14.0. The van der Waals surface area contributed by atoms with Crippen molar-refractivity contribution in [2.24, 2.45) is 0 Å². The predicted octanol–water partition coefficient (Wildman–Crippen LogP) is 7.25. The summed E-state index contributed by atoms with van der Waals surface area (Å²) in [7, 11) is -1.36. The Morgan fingerprint density at radius 3 is 2.51 bits per heavy atom. The van der Waals surface area contributed by atoms with E-state index in [1.165, 1.54) is 32.4 Å². The standard InChI is InChI=1S/C41H57N9O4Si/c1-41(2,3)54-40(52)49-21-14-29(15-22-49)45-39(51)38-47-37-31(26-42)30(11-12-36(37)50(38)28-53-23-24-55(4,5)6)35-25-34(32-27-43-17-13-33(32)46-35)44-16-10-20-48-18-8-7-9-19-48/h11-13,17,25,27,29H,7-10,14-16,18-24,28H2,1-6H3,(H,44,46)(H,45,51). The van der Waals surface area contributed by atoms with Crippen LogP contribution in [0.3, 0.4) is 0 Å². The molecule has 0 saturated carbocycles. The van der Waals surface area contributed by atoms with Gasteiger partial charge in [-0.3, -0.25) is 14.3 Å². The summed E-state index contributed by atoms with van der Waals surface area (Å²) in [6.07, 6.45) is 9.26. The van der Waals surface area contributed by atoms with Gasteiger partial charge in [0, 0.05) is 69.4 Å². The van der Waals surface area contributed by atoms with E-state index < -0.39 is 13.7 Å². The van der Waals surface area contributed by atoms with Gasteiger partial charge in [-0.25, -0.2) is 14.8 Å². The second-order valence-electron chi connectivity index (χ2n) is 17.0. The molecular formula is C41H57N9O4Si. The van der Waals surface area contributed by atoms with Crippen LogP contribution in [-0.2, 0) is 16.2 Å². The summed E-state index contributed by atoms with van der Waals surface area (Å²) >= 11 is 0. The number of fused-ring (bicyclic) bond motifs is 2. The number of carbonyl (C=O) groups is 2. The average molecular weight is 768 g/mol. The number of rotatable bonds is 13. The molecule has 6 rings (SSSR count). The number of nitrogens with zero attached hydrogens (tertiary/aromatic N) is 7. The molecule has 0 unspecified atom stereocenters. The second kappa shape index (κ2) is 17.5. The lowest BCUT2D eigenvalue weighted by molar-refractivity contribution is 0.0199. The van der Waals surface area contributed by atoms with Crippen LogP contribution in [0.5, 0.6) is 0 Å². The lowest BCUT2D eigenvalue weighted by Crippen LogP contribution is -2.48. The van der Waals surface area contributed by atoms with Crippen LogP contribution in [-0.4, -0.2) is 107 Å². The monoisotopic (exact) mass is 767 g/mol. The molecule has 2 N–H and O–H groups in total. The van der Waals surface area contributed by atoms with Gasteiger partial charge in [0.25, 0.3) is 5.91 Å². The number of ether oxygens (including phenoxy) is 2. The zero-order valence-electron chi connectivity index (χ0n) is 33.4. The minimum absolute atomic E-state index is 0.123. The Morgan fingerprint density at radius 2 is 1.80 bits per heavy atom. The van der Waals surface area contributed by atoms with Crippen molar-refractivity contribution in [1.29, 1.82) is 5.26 Å². The number of nitriles is 1. The lowest BCUT2D eigenvalue weighted by Gasteiger charge is -2.33. The van der Waals surface area contributed by atoms with Crippen molar-refractivity contribution in [3.63, 3.8) is 0 Å². The van der Waals surface area contributed by atoms with Crippen molar-refractivity contribution >= 4 is 47.7 Å². The third-order valence-corrected chi connectivity index (χ3v) is 11.9. The molecule has 0 bridgehead atoms. The van der Waals surface area contributed by atoms with Crippen LogP contribution in [0.25, 0.3) is 33.2 Å². The SMILES string of the molecule is CC(C)(C)OC(=O)N1CCC(NC(=O)c2nc3c(C#N)c(-c4cc(NCCCN5CCCCC5)c5cnccc5n4)ccc3n2COCC[Si](C)(C)C)CC1. The first kappa shape index (κ1) is 40.1. The Balaban J connectivity index is 1.27. The maximum atomic E-state index is 14.0. The molecule has 2 fully saturated rings. The lowest BCUT2D eigenvalue weighted by atomic mass is 10.0. The van der Waals surface area contributed by atoms with Gasteiger partial charge in [0.15, 0.2) is 0 Å². The van der Waals surface area contributed by atoms with Gasteiger partial charge in [-0.15, -0.1) is 0 Å². The number of piperidine rings is 2.